The van der Waals surface area contributed by atoms with Gasteiger partial charge in [-0.1, -0.05) is 25.4 Å². The van der Waals surface area contributed by atoms with Crippen molar-refractivity contribution in [1.29, 1.82) is 0 Å². The highest BCUT2D eigenvalue weighted by molar-refractivity contribution is 6.30. The summed E-state index contributed by atoms with van der Waals surface area (Å²) in [5, 5.41) is 4.82. The maximum absolute atomic E-state index is 13.0. The quantitative estimate of drug-likeness (QED) is 0.479. The molecule has 10 heteroatoms. The summed E-state index contributed by atoms with van der Waals surface area (Å²) >= 11 is 5.85. The van der Waals surface area contributed by atoms with Gasteiger partial charge < -0.3 is 9.64 Å². The van der Waals surface area contributed by atoms with Crippen LogP contribution < -0.4 is 4.74 Å². The Bertz CT molecular complexity index is 1060. The number of halogens is 4. The van der Waals surface area contributed by atoms with E-state index in [0.29, 0.717) is 28.6 Å². The maximum Gasteiger partial charge on any atom is 0.417 e. The van der Waals surface area contributed by atoms with Gasteiger partial charge in [-0.2, -0.15) is 18.3 Å². The number of carbonyl (C=O) groups is 1. The third-order valence-electron chi connectivity index (χ3n) is 4.73. The van der Waals surface area contributed by atoms with E-state index in [1.807, 2.05) is 13.8 Å². The molecule has 0 atom stereocenters. The van der Waals surface area contributed by atoms with Gasteiger partial charge in [0.2, 0.25) is 0 Å². The lowest BCUT2D eigenvalue weighted by Crippen LogP contribution is -2.31. The van der Waals surface area contributed by atoms with E-state index in [2.05, 4.69) is 10.1 Å². The molecule has 0 saturated carbocycles. The second-order valence-corrected chi connectivity index (χ2v) is 7.88. The van der Waals surface area contributed by atoms with Crippen LogP contribution in [0.2, 0.25) is 5.02 Å². The number of likely N-dealkylation sites (N-methyl/N-ethyl adjacent to an activating group) is 1. The number of hydrogen-bond donors (Lipinski definition) is 0. The minimum atomic E-state index is -4.48. The lowest BCUT2D eigenvalue weighted by atomic mass is 10.0. The number of aromatic nitrogens is 3. The Labute approximate surface area is 188 Å². The standard InChI is InChI=1S/C22H22ClF3N4O2/c1-14(2)20-18(13-28-30(20)19-9-4-15(12-27-19)22(24,25)26)21(31)29(3)10-11-32-17-7-5-16(23)6-8-17/h4-9,12-14H,10-11H2,1-3H3. The van der Waals surface area contributed by atoms with Gasteiger partial charge in [-0.15, -0.1) is 0 Å². The van der Waals surface area contributed by atoms with Gasteiger partial charge in [0.15, 0.2) is 5.82 Å². The van der Waals surface area contributed by atoms with E-state index in [1.165, 1.54) is 21.8 Å². The van der Waals surface area contributed by atoms with Crippen molar-refractivity contribution in [3.8, 4) is 11.6 Å². The molecule has 1 aromatic carbocycles. The van der Waals surface area contributed by atoms with Crippen LogP contribution in [0.1, 0.15) is 41.4 Å². The van der Waals surface area contributed by atoms with Crippen LogP contribution in [0.25, 0.3) is 5.82 Å². The molecular weight excluding hydrogens is 445 g/mol. The highest BCUT2D eigenvalue weighted by Crippen LogP contribution is 2.29. The zero-order chi connectivity index (χ0) is 23.5. The number of alkyl halides is 3. The number of ether oxygens (including phenoxy) is 1. The van der Waals surface area contributed by atoms with Crippen molar-refractivity contribution in [3.05, 3.63) is 70.6 Å². The highest BCUT2D eigenvalue weighted by Gasteiger charge is 2.31. The topological polar surface area (TPSA) is 60.3 Å². The number of pyridine rings is 1. The van der Waals surface area contributed by atoms with Gasteiger partial charge in [-0.3, -0.25) is 4.79 Å². The van der Waals surface area contributed by atoms with E-state index in [1.54, 1.807) is 31.3 Å². The summed E-state index contributed by atoms with van der Waals surface area (Å²) in [6.07, 6.45) is -2.31. The fraction of sp³-hybridized carbons (Fsp3) is 0.318. The molecule has 0 radical (unpaired) electrons. The first-order valence-electron chi connectivity index (χ1n) is 9.83. The Morgan fingerprint density at radius 2 is 1.84 bits per heavy atom. The molecule has 0 fully saturated rings. The second-order valence-electron chi connectivity index (χ2n) is 7.44. The first kappa shape index (κ1) is 23.6. The molecule has 0 aliphatic carbocycles. The van der Waals surface area contributed by atoms with Gasteiger partial charge in [0.05, 0.1) is 29.6 Å². The normalized spacial score (nSPS) is 11.6. The zero-order valence-corrected chi connectivity index (χ0v) is 18.5. The predicted octanol–water partition coefficient (Wildman–Crippen LogP) is 5.21. The lowest BCUT2D eigenvalue weighted by Gasteiger charge is -2.19. The molecule has 170 valence electrons. The first-order chi connectivity index (χ1) is 15.1. The number of rotatable bonds is 7. The predicted molar refractivity (Wildman–Crippen MR) is 114 cm³/mol. The Morgan fingerprint density at radius 1 is 1.16 bits per heavy atom. The maximum atomic E-state index is 13.0. The number of nitrogens with zero attached hydrogens (tertiary/aromatic N) is 4. The third-order valence-corrected chi connectivity index (χ3v) is 4.98. The Morgan fingerprint density at radius 3 is 2.41 bits per heavy atom. The van der Waals surface area contributed by atoms with Crippen molar-refractivity contribution in [1.82, 2.24) is 19.7 Å². The first-order valence-corrected chi connectivity index (χ1v) is 10.2. The van der Waals surface area contributed by atoms with Crippen molar-refractivity contribution in [3.63, 3.8) is 0 Å². The van der Waals surface area contributed by atoms with Gasteiger partial charge in [0.1, 0.15) is 12.4 Å². The minimum Gasteiger partial charge on any atom is -0.492 e. The molecule has 32 heavy (non-hydrogen) atoms. The third kappa shape index (κ3) is 5.40. The number of benzene rings is 1. The van der Waals surface area contributed by atoms with Gasteiger partial charge in [-0.25, -0.2) is 9.67 Å². The summed E-state index contributed by atoms with van der Waals surface area (Å²) in [5.74, 6) is 0.444. The van der Waals surface area contributed by atoms with Crippen LogP contribution in [0.3, 0.4) is 0 Å². The summed E-state index contributed by atoms with van der Waals surface area (Å²) in [7, 11) is 1.64. The SMILES string of the molecule is CC(C)c1c(C(=O)N(C)CCOc2ccc(Cl)cc2)cnn1-c1ccc(C(F)(F)F)cn1. The molecule has 0 aliphatic rings. The average molecular weight is 467 g/mol. The number of amides is 1. The van der Waals surface area contributed by atoms with Crippen LogP contribution in [-0.4, -0.2) is 45.8 Å². The van der Waals surface area contributed by atoms with Crippen LogP contribution in [0.15, 0.2) is 48.8 Å². The zero-order valence-electron chi connectivity index (χ0n) is 17.7. The van der Waals surface area contributed by atoms with Gasteiger partial charge >= 0.3 is 6.18 Å². The van der Waals surface area contributed by atoms with Crippen molar-refractivity contribution >= 4 is 17.5 Å². The minimum absolute atomic E-state index is 0.126. The van der Waals surface area contributed by atoms with E-state index in [9.17, 15) is 18.0 Å². The van der Waals surface area contributed by atoms with Crippen molar-refractivity contribution < 1.29 is 22.7 Å². The summed E-state index contributed by atoms with van der Waals surface area (Å²) in [6, 6.07) is 9.08. The van der Waals surface area contributed by atoms with Crippen LogP contribution in [0.5, 0.6) is 5.75 Å². The summed E-state index contributed by atoms with van der Waals surface area (Å²) in [4.78, 5) is 18.4. The second kappa shape index (κ2) is 9.60. The van der Waals surface area contributed by atoms with Crippen LogP contribution in [0, 0.1) is 0 Å². The molecule has 1 amide bonds. The molecule has 0 spiro atoms. The molecule has 6 nitrogen and oxygen atoms in total. The van der Waals surface area contributed by atoms with Crippen LogP contribution in [0.4, 0.5) is 13.2 Å². The smallest absolute Gasteiger partial charge is 0.417 e. The van der Waals surface area contributed by atoms with E-state index >= 15 is 0 Å². The summed E-state index contributed by atoms with van der Waals surface area (Å²) in [6.45, 7) is 4.34. The Kier molecular flexibility index (Phi) is 7.08. The molecule has 3 rings (SSSR count). The highest BCUT2D eigenvalue weighted by atomic mass is 35.5. The molecule has 0 aliphatic heterocycles. The van der Waals surface area contributed by atoms with Crippen molar-refractivity contribution in [2.45, 2.75) is 25.9 Å². The molecule has 3 aromatic rings. The molecule has 0 unspecified atom stereocenters. The fourth-order valence-corrected chi connectivity index (χ4v) is 3.20. The summed E-state index contributed by atoms with van der Waals surface area (Å²) < 4.78 is 45.5. The van der Waals surface area contributed by atoms with Gasteiger partial charge in [0, 0.05) is 18.3 Å². The fourth-order valence-electron chi connectivity index (χ4n) is 3.08. The molecule has 0 saturated heterocycles. The van der Waals surface area contributed by atoms with E-state index in [4.69, 9.17) is 16.3 Å². The van der Waals surface area contributed by atoms with Crippen molar-refractivity contribution in [2.24, 2.45) is 0 Å². The Balaban J connectivity index is 1.75. The summed E-state index contributed by atoms with van der Waals surface area (Å²) in [5.41, 5.74) is 0.0691. The number of hydrogen-bond acceptors (Lipinski definition) is 4. The molecule has 0 N–H and O–H groups in total. The largest absolute Gasteiger partial charge is 0.492 e. The molecular formula is C22H22ClF3N4O2. The average Bonchev–Trinajstić information content (AvgIpc) is 3.19. The van der Waals surface area contributed by atoms with Gasteiger partial charge in [-0.05, 0) is 42.3 Å². The van der Waals surface area contributed by atoms with Gasteiger partial charge in [0.25, 0.3) is 5.91 Å². The lowest BCUT2D eigenvalue weighted by molar-refractivity contribution is -0.137. The Hall–Kier alpha value is -3.07. The van der Waals surface area contributed by atoms with Crippen LogP contribution in [-0.2, 0) is 6.18 Å². The monoisotopic (exact) mass is 466 g/mol. The molecule has 2 heterocycles. The molecule has 0 bridgehead atoms. The van der Waals surface area contributed by atoms with E-state index in [-0.39, 0.29) is 24.2 Å². The van der Waals surface area contributed by atoms with Crippen LogP contribution >= 0.6 is 11.6 Å². The number of carbonyl (C=O) groups excluding carboxylic acids is 1. The van der Waals surface area contributed by atoms with Crippen molar-refractivity contribution in [2.75, 3.05) is 20.2 Å². The van der Waals surface area contributed by atoms with E-state index in [0.717, 1.165) is 12.3 Å². The molecule has 2 aromatic heterocycles. The van der Waals surface area contributed by atoms with E-state index < -0.39 is 11.7 Å².